The van der Waals surface area contributed by atoms with Crippen LogP contribution in [0.2, 0.25) is 0 Å². The van der Waals surface area contributed by atoms with E-state index < -0.39 is 0 Å². The molecule has 3 heteroatoms. The second kappa shape index (κ2) is 6.77. The number of amides is 1. The maximum atomic E-state index is 11.8. The Morgan fingerprint density at radius 2 is 1.94 bits per heavy atom. The van der Waals surface area contributed by atoms with Crippen molar-refractivity contribution in [3.8, 4) is 0 Å². The molecule has 1 amide bonds. The Morgan fingerprint density at radius 3 is 2.41 bits per heavy atom. The van der Waals surface area contributed by atoms with E-state index in [-0.39, 0.29) is 10.7 Å². The summed E-state index contributed by atoms with van der Waals surface area (Å²) in [5.74, 6) is 0.874. The van der Waals surface area contributed by atoms with Gasteiger partial charge >= 0.3 is 0 Å². The van der Waals surface area contributed by atoms with Gasteiger partial charge in [0.2, 0.25) is 5.91 Å². The molecule has 0 heterocycles. The summed E-state index contributed by atoms with van der Waals surface area (Å²) in [5, 5.41) is 3.14. The lowest BCUT2D eigenvalue weighted by molar-refractivity contribution is -0.121. The summed E-state index contributed by atoms with van der Waals surface area (Å²) in [6, 6.07) is 0. The number of nitrogens with one attached hydrogen (secondary N) is 1. The lowest BCUT2D eigenvalue weighted by atomic mass is 9.78. The summed E-state index contributed by atoms with van der Waals surface area (Å²) < 4.78 is 0. The van der Waals surface area contributed by atoms with Gasteiger partial charge in [0.25, 0.3) is 0 Å². The Morgan fingerprint density at radius 1 is 1.35 bits per heavy atom. The molecule has 1 atom stereocenters. The standard InChI is InChI=1S/C14H26BrNO/c1-4-12(15)13(17)16-10-14(9-11(2)3)7-5-6-8-14/h11-12H,4-10H2,1-3H3,(H,16,17). The van der Waals surface area contributed by atoms with Crippen LogP contribution in [0.5, 0.6) is 0 Å². The zero-order valence-corrected chi connectivity index (χ0v) is 13.0. The van der Waals surface area contributed by atoms with E-state index in [4.69, 9.17) is 0 Å². The van der Waals surface area contributed by atoms with Crippen molar-refractivity contribution in [3.63, 3.8) is 0 Å². The molecule has 1 rings (SSSR count). The van der Waals surface area contributed by atoms with Gasteiger partial charge in [-0.05, 0) is 37.0 Å². The lowest BCUT2D eigenvalue weighted by Gasteiger charge is -2.31. The molecule has 0 radical (unpaired) electrons. The van der Waals surface area contributed by atoms with E-state index in [0.717, 1.165) is 18.9 Å². The third-order valence-electron chi connectivity index (χ3n) is 3.79. The summed E-state index contributed by atoms with van der Waals surface area (Å²) in [6.07, 6.45) is 7.31. The number of hydrogen-bond donors (Lipinski definition) is 1. The van der Waals surface area contributed by atoms with E-state index in [2.05, 4.69) is 35.1 Å². The fourth-order valence-corrected chi connectivity index (χ4v) is 3.18. The van der Waals surface area contributed by atoms with E-state index in [9.17, 15) is 4.79 Å². The number of carbonyl (C=O) groups excluding carboxylic acids is 1. The fourth-order valence-electron chi connectivity index (χ4n) is 3.01. The van der Waals surface area contributed by atoms with Gasteiger partial charge in [-0.25, -0.2) is 0 Å². The van der Waals surface area contributed by atoms with Crippen LogP contribution in [0.4, 0.5) is 0 Å². The molecule has 0 aromatic rings. The molecular weight excluding hydrogens is 278 g/mol. The van der Waals surface area contributed by atoms with Gasteiger partial charge in [-0.15, -0.1) is 0 Å². The van der Waals surface area contributed by atoms with Crippen LogP contribution in [0.15, 0.2) is 0 Å². The fraction of sp³-hybridized carbons (Fsp3) is 0.929. The van der Waals surface area contributed by atoms with Gasteiger partial charge < -0.3 is 5.32 Å². The smallest absolute Gasteiger partial charge is 0.233 e. The second-order valence-electron chi connectivity index (χ2n) is 5.90. The van der Waals surface area contributed by atoms with Crippen LogP contribution < -0.4 is 5.32 Å². The van der Waals surface area contributed by atoms with Crippen LogP contribution in [0, 0.1) is 11.3 Å². The van der Waals surface area contributed by atoms with Gasteiger partial charge in [-0.3, -0.25) is 4.79 Å². The first-order valence-electron chi connectivity index (χ1n) is 6.91. The van der Waals surface area contributed by atoms with Gasteiger partial charge in [-0.1, -0.05) is 49.5 Å². The van der Waals surface area contributed by atoms with Crippen molar-refractivity contribution in [2.24, 2.45) is 11.3 Å². The maximum Gasteiger partial charge on any atom is 0.233 e. The van der Waals surface area contributed by atoms with Crippen molar-refractivity contribution < 1.29 is 4.79 Å². The molecule has 0 spiro atoms. The van der Waals surface area contributed by atoms with Crippen LogP contribution in [0.1, 0.15) is 59.3 Å². The Labute approximate surface area is 114 Å². The molecule has 0 bridgehead atoms. The summed E-state index contributed by atoms with van der Waals surface area (Å²) in [6.45, 7) is 7.45. The van der Waals surface area contributed by atoms with Crippen LogP contribution in [-0.4, -0.2) is 17.3 Å². The van der Waals surface area contributed by atoms with E-state index >= 15 is 0 Å². The molecule has 1 aliphatic carbocycles. The normalized spacial score (nSPS) is 20.5. The molecule has 1 saturated carbocycles. The highest BCUT2D eigenvalue weighted by Gasteiger charge is 2.34. The average Bonchev–Trinajstić information content (AvgIpc) is 2.73. The Balaban J connectivity index is 2.47. The Bertz CT molecular complexity index is 247. The molecule has 0 aromatic carbocycles. The first-order valence-corrected chi connectivity index (χ1v) is 7.82. The van der Waals surface area contributed by atoms with Crippen molar-refractivity contribution in [1.29, 1.82) is 0 Å². The quantitative estimate of drug-likeness (QED) is 0.741. The summed E-state index contributed by atoms with van der Waals surface area (Å²) in [7, 11) is 0. The molecule has 100 valence electrons. The summed E-state index contributed by atoms with van der Waals surface area (Å²) in [5.41, 5.74) is 0.379. The highest BCUT2D eigenvalue weighted by Crippen LogP contribution is 2.42. The number of rotatable bonds is 6. The summed E-state index contributed by atoms with van der Waals surface area (Å²) in [4.78, 5) is 11.8. The average molecular weight is 304 g/mol. The van der Waals surface area contributed by atoms with Gasteiger partial charge in [0.15, 0.2) is 0 Å². The number of alkyl halides is 1. The minimum absolute atomic E-state index is 0.0278. The van der Waals surface area contributed by atoms with Gasteiger partial charge in [0.1, 0.15) is 0 Å². The van der Waals surface area contributed by atoms with Crippen LogP contribution in [-0.2, 0) is 4.79 Å². The molecule has 1 fully saturated rings. The molecule has 2 nitrogen and oxygen atoms in total. The molecule has 17 heavy (non-hydrogen) atoms. The molecule has 0 aliphatic heterocycles. The largest absolute Gasteiger partial charge is 0.355 e. The zero-order valence-electron chi connectivity index (χ0n) is 11.4. The van der Waals surface area contributed by atoms with Gasteiger partial charge in [0, 0.05) is 6.54 Å². The second-order valence-corrected chi connectivity index (χ2v) is 7.00. The maximum absolute atomic E-state index is 11.8. The molecular formula is C14H26BrNO. The van der Waals surface area contributed by atoms with Crippen molar-refractivity contribution >= 4 is 21.8 Å². The third kappa shape index (κ3) is 4.61. The van der Waals surface area contributed by atoms with Crippen molar-refractivity contribution in [3.05, 3.63) is 0 Å². The zero-order chi connectivity index (χ0) is 12.9. The topological polar surface area (TPSA) is 29.1 Å². The van der Waals surface area contributed by atoms with E-state index in [1.807, 2.05) is 6.92 Å². The predicted octanol–water partition coefficient (Wildman–Crippen LogP) is 3.88. The Kier molecular flexibility index (Phi) is 5.98. The van der Waals surface area contributed by atoms with E-state index in [1.54, 1.807) is 0 Å². The molecule has 1 N–H and O–H groups in total. The minimum atomic E-state index is -0.0278. The third-order valence-corrected chi connectivity index (χ3v) is 4.85. The highest BCUT2D eigenvalue weighted by molar-refractivity contribution is 9.10. The number of hydrogen-bond acceptors (Lipinski definition) is 1. The van der Waals surface area contributed by atoms with E-state index in [1.165, 1.54) is 32.1 Å². The van der Waals surface area contributed by atoms with Crippen molar-refractivity contribution in [2.45, 2.75) is 64.1 Å². The number of halogens is 1. The highest BCUT2D eigenvalue weighted by atomic mass is 79.9. The molecule has 1 unspecified atom stereocenters. The molecule has 0 saturated heterocycles. The van der Waals surface area contributed by atoms with Crippen LogP contribution in [0.25, 0.3) is 0 Å². The first-order chi connectivity index (χ1) is 7.99. The van der Waals surface area contributed by atoms with Crippen molar-refractivity contribution in [2.75, 3.05) is 6.54 Å². The SMILES string of the molecule is CCC(Br)C(=O)NCC1(CC(C)C)CCCC1. The Hall–Kier alpha value is -0.0500. The lowest BCUT2D eigenvalue weighted by Crippen LogP contribution is -2.40. The van der Waals surface area contributed by atoms with Gasteiger partial charge in [0.05, 0.1) is 4.83 Å². The molecule has 1 aliphatic rings. The molecule has 0 aromatic heterocycles. The summed E-state index contributed by atoms with van der Waals surface area (Å²) >= 11 is 3.41. The van der Waals surface area contributed by atoms with Crippen molar-refractivity contribution in [1.82, 2.24) is 5.32 Å². The van der Waals surface area contributed by atoms with Crippen LogP contribution >= 0.6 is 15.9 Å². The monoisotopic (exact) mass is 303 g/mol. The minimum Gasteiger partial charge on any atom is -0.355 e. The first kappa shape index (κ1) is 15.0. The number of carbonyl (C=O) groups is 1. The van der Waals surface area contributed by atoms with Gasteiger partial charge in [-0.2, -0.15) is 0 Å². The van der Waals surface area contributed by atoms with E-state index in [0.29, 0.717) is 5.41 Å². The van der Waals surface area contributed by atoms with Crippen LogP contribution in [0.3, 0.4) is 0 Å². The predicted molar refractivity (Wildman–Crippen MR) is 76.4 cm³/mol.